The van der Waals surface area contributed by atoms with Gasteiger partial charge in [0.2, 0.25) is 0 Å². The Morgan fingerprint density at radius 2 is 2.06 bits per heavy atom. The van der Waals surface area contributed by atoms with E-state index in [2.05, 4.69) is 21.2 Å². The predicted molar refractivity (Wildman–Crippen MR) is 67.2 cm³/mol. The number of benzene rings is 1. The van der Waals surface area contributed by atoms with Gasteiger partial charge in [-0.25, -0.2) is 4.39 Å². The molecule has 0 amide bonds. The van der Waals surface area contributed by atoms with Gasteiger partial charge in [-0.05, 0) is 41.4 Å². The van der Waals surface area contributed by atoms with Crippen LogP contribution in [0.1, 0.15) is 24.4 Å². The maximum atomic E-state index is 14.1. The van der Waals surface area contributed by atoms with E-state index >= 15 is 0 Å². The van der Waals surface area contributed by atoms with Crippen molar-refractivity contribution in [2.45, 2.75) is 18.9 Å². The predicted octanol–water partition coefficient (Wildman–Crippen LogP) is 3.03. The molecule has 5 heteroatoms. The molecule has 1 aliphatic rings. The largest absolute Gasteiger partial charge is 0.492 e. The van der Waals surface area contributed by atoms with Crippen LogP contribution >= 0.6 is 15.9 Å². The van der Waals surface area contributed by atoms with E-state index in [4.69, 9.17) is 9.47 Å². The van der Waals surface area contributed by atoms with Gasteiger partial charge >= 0.3 is 0 Å². The first kappa shape index (κ1) is 12.6. The Balaban J connectivity index is 2.55. The van der Waals surface area contributed by atoms with Crippen LogP contribution in [0, 0.1) is 5.82 Å². The fourth-order valence-electron chi connectivity index (χ4n) is 2.24. The number of halogens is 2. The van der Waals surface area contributed by atoms with Crippen molar-refractivity contribution in [3.05, 3.63) is 21.9 Å². The summed E-state index contributed by atoms with van der Waals surface area (Å²) in [5, 5.41) is 3.27. The number of ether oxygens (including phenoxy) is 2. The van der Waals surface area contributed by atoms with Crippen LogP contribution in [-0.4, -0.2) is 20.8 Å². The van der Waals surface area contributed by atoms with Crippen LogP contribution in [0.15, 0.2) is 10.5 Å². The van der Waals surface area contributed by atoms with Crippen molar-refractivity contribution in [2.75, 3.05) is 20.8 Å². The summed E-state index contributed by atoms with van der Waals surface area (Å²) in [6.45, 7) is 0.908. The molecule has 2 rings (SSSR count). The van der Waals surface area contributed by atoms with E-state index in [-0.39, 0.29) is 11.9 Å². The van der Waals surface area contributed by atoms with Crippen molar-refractivity contribution >= 4 is 15.9 Å². The molecule has 0 aliphatic carbocycles. The minimum absolute atomic E-state index is 0.00644. The Labute approximate surface area is 108 Å². The SMILES string of the molecule is COc1c(Br)cc(F)c(C2CCCN2)c1OC. The van der Waals surface area contributed by atoms with E-state index in [0.717, 1.165) is 19.4 Å². The number of nitrogens with one attached hydrogen (secondary N) is 1. The summed E-state index contributed by atoms with van der Waals surface area (Å²) < 4.78 is 25.2. The van der Waals surface area contributed by atoms with Gasteiger partial charge in [0.1, 0.15) is 5.82 Å². The van der Waals surface area contributed by atoms with Crippen LogP contribution in [-0.2, 0) is 0 Å². The van der Waals surface area contributed by atoms with Crippen LogP contribution in [0.4, 0.5) is 4.39 Å². The number of hydrogen-bond acceptors (Lipinski definition) is 3. The van der Waals surface area contributed by atoms with Crippen LogP contribution in [0.5, 0.6) is 11.5 Å². The Bertz CT molecular complexity index is 419. The minimum Gasteiger partial charge on any atom is -0.492 e. The average molecular weight is 304 g/mol. The molecule has 1 aromatic carbocycles. The van der Waals surface area contributed by atoms with Crippen molar-refractivity contribution in [3.63, 3.8) is 0 Å². The topological polar surface area (TPSA) is 30.5 Å². The Kier molecular flexibility index (Phi) is 3.89. The number of methoxy groups -OCH3 is 2. The molecule has 94 valence electrons. The minimum atomic E-state index is -0.270. The van der Waals surface area contributed by atoms with Gasteiger partial charge in [-0.3, -0.25) is 0 Å². The lowest BCUT2D eigenvalue weighted by atomic mass is 10.0. The number of hydrogen-bond donors (Lipinski definition) is 1. The standard InChI is InChI=1S/C12H15BrFNO2/c1-16-11-7(13)6-8(14)10(12(11)17-2)9-4-3-5-15-9/h6,9,15H,3-5H2,1-2H3. The molecule has 1 saturated heterocycles. The van der Waals surface area contributed by atoms with Gasteiger partial charge in [0.25, 0.3) is 0 Å². The third kappa shape index (κ3) is 2.26. The van der Waals surface area contributed by atoms with E-state index in [1.54, 1.807) is 7.11 Å². The first-order valence-electron chi connectivity index (χ1n) is 5.52. The molecular formula is C12H15BrFNO2. The molecule has 0 bridgehead atoms. The van der Waals surface area contributed by atoms with Gasteiger partial charge in [0, 0.05) is 6.04 Å². The lowest BCUT2D eigenvalue weighted by Crippen LogP contribution is -2.16. The van der Waals surface area contributed by atoms with Crippen LogP contribution in [0.2, 0.25) is 0 Å². The summed E-state index contributed by atoms with van der Waals surface area (Å²) >= 11 is 3.28. The molecule has 0 aromatic heterocycles. The summed E-state index contributed by atoms with van der Waals surface area (Å²) in [5.74, 6) is 0.741. The highest BCUT2D eigenvalue weighted by Crippen LogP contribution is 2.43. The molecule has 1 N–H and O–H groups in total. The van der Waals surface area contributed by atoms with E-state index in [1.807, 2.05) is 0 Å². The smallest absolute Gasteiger partial charge is 0.175 e. The summed E-state index contributed by atoms with van der Waals surface area (Å²) in [4.78, 5) is 0. The average Bonchev–Trinajstić information content (AvgIpc) is 2.81. The molecular weight excluding hydrogens is 289 g/mol. The molecule has 1 aliphatic heterocycles. The fourth-order valence-corrected chi connectivity index (χ4v) is 2.79. The van der Waals surface area contributed by atoms with Gasteiger partial charge in [0.05, 0.1) is 24.3 Å². The van der Waals surface area contributed by atoms with Gasteiger partial charge in [-0.15, -0.1) is 0 Å². The van der Waals surface area contributed by atoms with Crippen molar-refractivity contribution in [1.29, 1.82) is 0 Å². The van der Waals surface area contributed by atoms with Gasteiger partial charge < -0.3 is 14.8 Å². The lowest BCUT2D eigenvalue weighted by Gasteiger charge is -2.19. The van der Waals surface area contributed by atoms with Gasteiger partial charge in [0.15, 0.2) is 11.5 Å². The Morgan fingerprint density at radius 3 is 2.59 bits per heavy atom. The quantitative estimate of drug-likeness (QED) is 0.931. The molecule has 1 aromatic rings. The van der Waals surface area contributed by atoms with Crippen molar-refractivity contribution in [3.8, 4) is 11.5 Å². The number of rotatable bonds is 3. The molecule has 0 spiro atoms. The zero-order chi connectivity index (χ0) is 12.4. The van der Waals surface area contributed by atoms with E-state index in [9.17, 15) is 4.39 Å². The first-order valence-corrected chi connectivity index (χ1v) is 6.31. The highest BCUT2D eigenvalue weighted by Gasteiger charge is 2.27. The van der Waals surface area contributed by atoms with Crippen LogP contribution in [0.3, 0.4) is 0 Å². The molecule has 1 fully saturated rings. The third-order valence-electron chi connectivity index (χ3n) is 3.00. The second-order valence-corrected chi connectivity index (χ2v) is 4.82. The van der Waals surface area contributed by atoms with Gasteiger partial charge in [-0.2, -0.15) is 0 Å². The van der Waals surface area contributed by atoms with Crippen LogP contribution in [0.25, 0.3) is 0 Å². The summed E-state index contributed by atoms with van der Waals surface area (Å²) in [6, 6.07) is 1.43. The monoisotopic (exact) mass is 303 g/mol. The van der Waals surface area contributed by atoms with E-state index < -0.39 is 0 Å². The molecule has 1 atom stereocenters. The Morgan fingerprint density at radius 1 is 1.35 bits per heavy atom. The molecule has 3 nitrogen and oxygen atoms in total. The van der Waals surface area contributed by atoms with Gasteiger partial charge in [-0.1, -0.05) is 0 Å². The molecule has 1 unspecified atom stereocenters. The molecule has 0 saturated carbocycles. The Hall–Kier alpha value is -0.810. The highest BCUT2D eigenvalue weighted by molar-refractivity contribution is 9.10. The van der Waals surface area contributed by atoms with E-state index in [0.29, 0.717) is 21.5 Å². The zero-order valence-corrected chi connectivity index (χ0v) is 11.4. The van der Waals surface area contributed by atoms with Crippen molar-refractivity contribution in [2.24, 2.45) is 0 Å². The lowest BCUT2D eigenvalue weighted by molar-refractivity contribution is 0.341. The van der Waals surface area contributed by atoms with Crippen molar-refractivity contribution < 1.29 is 13.9 Å². The van der Waals surface area contributed by atoms with Crippen LogP contribution < -0.4 is 14.8 Å². The summed E-state index contributed by atoms with van der Waals surface area (Å²) in [5.41, 5.74) is 0.560. The second kappa shape index (κ2) is 5.23. The highest BCUT2D eigenvalue weighted by atomic mass is 79.9. The first-order chi connectivity index (χ1) is 8.19. The second-order valence-electron chi connectivity index (χ2n) is 3.97. The molecule has 1 heterocycles. The zero-order valence-electron chi connectivity index (χ0n) is 9.85. The maximum absolute atomic E-state index is 14.1. The molecule has 17 heavy (non-hydrogen) atoms. The van der Waals surface area contributed by atoms with E-state index in [1.165, 1.54) is 13.2 Å². The summed E-state index contributed by atoms with van der Waals surface area (Å²) in [6.07, 6.45) is 1.96. The van der Waals surface area contributed by atoms with Crippen molar-refractivity contribution in [1.82, 2.24) is 5.32 Å². The summed E-state index contributed by atoms with van der Waals surface area (Å²) in [7, 11) is 3.08. The fraction of sp³-hybridized carbons (Fsp3) is 0.500. The maximum Gasteiger partial charge on any atom is 0.175 e. The normalized spacial score (nSPS) is 19.4. The molecule has 0 radical (unpaired) electrons. The third-order valence-corrected chi connectivity index (χ3v) is 3.58.